The Morgan fingerprint density at radius 2 is 2.31 bits per heavy atom. The molecule has 0 aromatic carbocycles. The minimum atomic E-state index is -0.922. The fourth-order valence-corrected chi connectivity index (χ4v) is 1.60. The number of rotatable bonds is 1. The van der Waals surface area contributed by atoms with Gasteiger partial charge in [0.2, 0.25) is 5.79 Å². The van der Waals surface area contributed by atoms with E-state index in [1.807, 2.05) is 0 Å². The molecule has 2 rings (SSSR count). The molecule has 0 unspecified atom stereocenters. The highest BCUT2D eigenvalue weighted by atomic mass is 17.3. The van der Waals surface area contributed by atoms with Gasteiger partial charge in [0.1, 0.15) is 0 Å². The van der Waals surface area contributed by atoms with Crippen LogP contribution < -0.4 is 0 Å². The minimum Gasteiger partial charge on any atom is -0.457 e. The van der Waals surface area contributed by atoms with E-state index in [4.69, 9.17) is 19.2 Å². The standard InChI is InChI=1S/C8H12O5/c1-5(9)10-6-3-4-7-11-8(6,2)13-12-7/h6-7H,3-4H2,1-2H3/t6-,7-,8+/m1/s1. The first kappa shape index (κ1) is 8.93. The van der Waals surface area contributed by atoms with Crippen molar-refractivity contribution in [2.75, 3.05) is 0 Å². The van der Waals surface area contributed by atoms with Gasteiger partial charge in [-0.1, -0.05) is 0 Å². The number of hydrogen-bond acceptors (Lipinski definition) is 5. The molecule has 3 atom stereocenters. The summed E-state index contributed by atoms with van der Waals surface area (Å²) in [5, 5.41) is 0. The molecule has 13 heavy (non-hydrogen) atoms. The Hall–Kier alpha value is -0.650. The summed E-state index contributed by atoms with van der Waals surface area (Å²) < 4.78 is 10.4. The van der Waals surface area contributed by atoms with Gasteiger partial charge in [-0.3, -0.25) is 4.79 Å². The van der Waals surface area contributed by atoms with Crippen molar-refractivity contribution >= 4 is 5.97 Å². The van der Waals surface area contributed by atoms with Crippen LogP contribution in [-0.2, 0) is 24.0 Å². The van der Waals surface area contributed by atoms with E-state index in [0.717, 1.165) is 0 Å². The molecule has 2 aliphatic heterocycles. The van der Waals surface area contributed by atoms with E-state index in [9.17, 15) is 4.79 Å². The molecule has 0 amide bonds. The Morgan fingerprint density at radius 1 is 1.54 bits per heavy atom. The van der Waals surface area contributed by atoms with Crippen molar-refractivity contribution in [1.82, 2.24) is 0 Å². The number of esters is 1. The topological polar surface area (TPSA) is 54.0 Å². The van der Waals surface area contributed by atoms with Crippen molar-refractivity contribution in [3.8, 4) is 0 Å². The normalized spacial score (nSPS) is 43.2. The van der Waals surface area contributed by atoms with Gasteiger partial charge in [0, 0.05) is 13.3 Å². The van der Waals surface area contributed by atoms with E-state index < -0.39 is 5.79 Å². The molecular weight excluding hydrogens is 176 g/mol. The molecular formula is C8H12O5. The first-order valence-corrected chi connectivity index (χ1v) is 4.30. The van der Waals surface area contributed by atoms with Crippen LogP contribution in [0, 0.1) is 0 Å². The Balaban J connectivity index is 2.06. The highest BCUT2D eigenvalue weighted by Crippen LogP contribution is 2.38. The Labute approximate surface area is 75.8 Å². The van der Waals surface area contributed by atoms with Crippen LogP contribution in [0.1, 0.15) is 26.7 Å². The molecule has 5 nitrogen and oxygen atoms in total. The number of ether oxygens (including phenoxy) is 2. The zero-order valence-corrected chi connectivity index (χ0v) is 7.61. The molecule has 74 valence electrons. The van der Waals surface area contributed by atoms with Crippen LogP contribution >= 0.6 is 0 Å². The largest absolute Gasteiger partial charge is 0.457 e. The van der Waals surface area contributed by atoms with Crippen molar-refractivity contribution in [3.05, 3.63) is 0 Å². The lowest BCUT2D eigenvalue weighted by molar-refractivity contribution is -0.337. The molecule has 2 heterocycles. The zero-order chi connectivity index (χ0) is 9.47. The number of fused-ring (bicyclic) bond motifs is 2. The first-order valence-electron chi connectivity index (χ1n) is 4.30. The smallest absolute Gasteiger partial charge is 0.303 e. The number of carbonyl (C=O) groups excluding carboxylic acids is 1. The lowest BCUT2D eigenvalue weighted by Crippen LogP contribution is -2.46. The van der Waals surface area contributed by atoms with Gasteiger partial charge in [0.25, 0.3) is 0 Å². The summed E-state index contributed by atoms with van der Waals surface area (Å²) in [6, 6.07) is 0. The van der Waals surface area contributed by atoms with Crippen LogP contribution in [0.15, 0.2) is 0 Å². The van der Waals surface area contributed by atoms with Crippen LogP contribution in [0.5, 0.6) is 0 Å². The van der Waals surface area contributed by atoms with Crippen LogP contribution in [0.2, 0.25) is 0 Å². The van der Waals surface area contributed by atoms with E-state index in [2.05, 4.69) is 0 Å². The summed E-state index contributed by atoms with van der Waals surface area (Å²) in [4.78, 5) is 20.6. The third-order valence-corrected chi connectivity index (χ3v) is 2.24. The molecule has 0 N–H and O–H groups in total. The molecule has 0 aromatic heterocycles. The quantitative estimate of drug-likeness (QED) is 0.448. The third kappa shape index (κ3) is 1.54. The average molecular weight is 188 g/mol. The lowest BCUT2D eigenvalue weighted by Gasteiger charge is -2.32. The van der Waals surface area contributed by atoms with Gasteiger partial charge in [-0.25, -0.2) is 4.89 Å². The van der Waals surface area contributed by atoms with Gasteiger partial charge < -0.3 is 9.47 Å². The van der Waals surface area contributed by atoms with E-state index in [-0.39, 0.29) is 18.4 Å². The Bertz CT molecular complexity index is 229. The molecule has 2 saturated heterocycles. The lowest BCUT2D eigenvalue weighted by atomic mass is 10.0. The van der Waals surface area contributed by atoms with Crippen LogP contribution in [0.25, 0.3) is 0 Å². The maximum Gasteiger partial charge on any atom is 0.303 e. The molecule has 0 spiro atoms. The van der Waals surface area contributed by atoms with Crippen LogP contribution in [0.3, 0.4) is 0 Å². The van der Waals surface area contributed by atoms with Crippen molar-refractivity contribution in [1.29, 1.82) is 0 Å². The van der Waals surface area contributed by atoms with Gasteiger partial charge in [-0.05, 0) is 13.3 Å². The fourth-order valence-electron chi connectivity index (χ4n) is 1.60. The maximum absolute atomic E-state index is 10.8. The number of hydrogen-bond donors (Lipinski definition) is 0. The molecule has 0 aromatic rings. The fraction of sp³-hybridized carbons (Fsp3) is 0.875. The second-order valence-electron chi connectivity index (χ2n) is 3.42. The molecule has 2 fully saturated rings. The van der Waals surface area contributed by atoms with Gasteiger partial charge in [0.05, 0.1) is 0 Å². The second kappa shape index (κ2) is 2.94. The predicted octanol–water partition coefficient (Wildman–Crippen LogP) is 0.733. The SMILES string of the molecule is CC(=O)O[C@@H]1CC[C@H]2OO[C@]1(C)O2. The van der Waals surface area contributed by atoms with Crippen LogP contribution in [0.4, 0.5) is 0 Å². The molecule has 0 saturated carbocycles. The second-order valence-corrected chi connectivity index (χ2v) is 3.42. The van der Waals surface area contributed by atoms with Gasteiger partial charge in [-0.15, -0.1) is 0 Å². The van der Waals surface area contributed by atoms with Crippen molar-refractivity contribution in [2.45, 2.75) is 44.9 Å². The van der Waals surface area contributed by atoms with Crippen molar-refractivity contribution < 1.29 is 24.0 Å². The van der Waals surface area contributed by atoms with Crippen molar-refractivity contribution in [3.63, 3.8) is 0 Å². The van der Waals surface area contributed by atoms with Gasteiger partial charge in [0.15, 0.2) is 12.4 Å². The third-order valence-electron chi connectivity index (χ3n) is 2.24. The van der Waals surface area contributed by atoms with E-state index in [1.54, 1.807) is 6.92 Å². The summed E-state index contributed by atoms with van der Waals surface area (Å²) in [5.41, 5.74) is 0. The predicted molar refractivity (Wildman–Crippen MR) is 40.2 cm³/mol. The summed E-state index contributed by atoms with van der Waals surface area (Å²) >= 11 is 0. The van der Waals surface area contributed by atoms with Gasteiger partial charge >= 0.3 is 5.97 Å². The summed E-state index contributed by atoms with van der Waals surface area (Å²) in [5.74, 6) is -1.25. The van der Waals surface area contributed by atoms with Crippen molar-refractivity contribution in [2.24, 2.45) is 0 Å². The maximum atomic E-state index is 10.8. The monoisotopic (exact) mass is 188 g/mol. The summed E-state index contributed by atoms with van der Waals surface area (Å²) in [6.45, 7) is 3.07. The molecule has 2 aliphatic rings. The van der Waals surface area contributed by atoms with Gasteiger partial charge in [-0.2, -0.15) is 4.89 Å². The van der Waals surface area contributed by atoms with Crippen LogP contribution in [-0.4, -0.2) is 24.2 Å². The minimum absolute atomic E-state index is 0.309. The Morgan fingerprint density at radius 3 is 3.00 bits per heavy atom. The summed E-state index contributed by atoms with van der Waals surface area (Å²) in [6.07, 6.45) is 0.717. The zero-order valence-electron chi connectivity index (χ0n) is 7.61. The summed E-state index contributed by atoms with van der Waals surface area (Å²) in [7, 11) is 0. The highest BCUT2D eigenvalue weighted by molar-refractivity contribution is 5.66. The Kier molecular flexibility index (Phi) is 2.02. The first-order chi connectivity index (χ1) is 6.10. The van der Waals surface area contributed by atoms with E-state index >= 15 is 0 Å². The average Bonchev–Trinajstić information content (AvgIpc) is 2.35. The highest BCUT2D eigenvalue weighted by Gasteiger charge is 2.51. The molecule has 0 radical (unpaired) electrons. The molecule has 2 bridgehead atoms. The van der Waals surface area contributed by atoms with E-state index in [1.165, 1.54) is 6.92 Å². The number of carbonyl (C=O) groups is 1. The molecule has 0 aliphatic carbocycles. The molecule has 5 heteroatoms. The van der Waals surface area contributed by atoms with E-state index in [0.29, 0.717) is 12.8 Å².